The van der Waals surface area contributed by atoms with Crippen molar-refractivity contribution >= 4 is 11.9 Å². The van der Waals surface area contributed by atoms with Crippen LogP contribution in [-0.4, -0.2) is 49.7 Å². The molecule has 0 aromatic carbocycles. The van der Waals surface area contributed by atoms with Gasteiger partial charge in [0, 0.05) is 12.3 Å². The van der Waals surface area contributed by atoms with Crippen molar-refractivity contribution in [2.24, 2.45) is 29.1 Å². The molecule has 0 amide bonds. The number of ether oxygens (including phenoxy) is 2. The van der Waals surface area contributed by atoms with Crippen LogP contribution in [-0.2, 0) is 19.1 Å². The Hall–Kier alpha value is -1.10. The fraction of sp³-hybridized carbons (Fsp3) is 0.875. The molecular weight excluding hydrogens is 366 g/mol. The summed E-state index contributed by atoms with van der Waals surface area (Å²) in [4.78, 5) is 26.8. The van der Waals surface area contributed by atoms with Crippen molar-refractivity contribution in [3.8, 4) is 0 Å². The summed E-state index contributed by atoms with van der Waals surface area (Å²) in [6.07, 6.45) is 12.2. The molecule has 29 heavy (non-hydrogen) atoms. The average molecular weight is 405 g/mol. The molecular formula is C24H38NO4. The van der Waals surface area contributed by atoms with E-state index in [4.69, 9.17) is 9.47 Å². The minimum Gasteiger partial charge on any atom is -0.465 e. The quantitative estimate of drug-likeness (QED) is 0.515. The Bertz CT molecular complexity index is 548. The summed E-state index contributed by atoms with van der Waals surface area (Å²) in [5.41, 5.74) is 0.213. The van der Waals surface area contributed by atoms with Crippen molar-refractivity contribution in [3.05, 3.63) is 6.92 Å². The van der Waals surface area contributed by atoms with Gasteiger partial charge >= 0.3 is 11.9 Å². The Labute approximate surface area is 175 Å². The Morgan fingerprint density at radius 3 is 2.07 bits per heavy atom. The lowest BCUT2D eigenvalue weighted by Gasteiger charge is -2.56. The Morgan fingerprint density at radius 2 is 1.48 bits per heavy atom. The lowest BCUT2D eigenvalue weighted by Crippen LogP contribution is -2.47. The summed E-state index contributed by atoms with van der Waals surface area (Å²) in [5.74, 6) is 2.09. The number of likely N-dealkylation sites (tertiary alicyclic amines) is 1. The minimum atomic E-state index is -0.196. The van der Waals surface area contributed by atoms with Crippen LogP contribution in [0.15, 0.2) is 0 Å². The van der Waals surface area contributed by atoms with E-state index in [2.05, 4.69) is 11.8 Å². The van der Waals surface area contributed by atoms with Crippen molar-refractivity contribution in [3.63, 3.8) is 0 Å². The fourth-order valence-electron chi connectivity index (χ4n) is 6.86. The molecule has 5 heteroatoms. The van der Waals surface area contributed by atoms with E-state index < -0.39 is 0 Å². The first-order valence-electron chi connectivity index (χ1n) is 11.9. The highest BCUT2D eigenvalue weighted by atomic mass is 16.5. The van der Waals surface area contributed by atoms with Crippen LogP contribution in [0.2, 0.25) is 0 Å². The van der Waals surface area contributed by atoms with E-state index in [0.717, 1.165) is 43.8 Å². The molecule has 5 fully saturated rings. The fourth-order valence-corrected chi connectivity index (χ4v) is 6.86. The van der Waals surface area contributed by atoms with Crippen molar-refractivity contribution in [1.29, 1.82) is 0 Å². The largest absolute Gasteiger partial charge is 0.465 e. The van der Waals surface area contributed by atoms with Crippen LogP contribution in [0.4, 0.5) is 0 Å². The molecule has 1 saturated heterocycles. The summed E-state index contributed by atoms with van der Waals surface area (Å²) >= 11 is 0. The van der Waals surface area contributed by atoms with Gasteiger partial charge in [0.15, 0.2) is 0 Å². The highest BCUT2D eigenvalue weighted by Crippen LogP contribution is 2.61. The third-order valence-corrected chi connectivity index (χ3v) is 7.70. The topological polar surface area (TPSA) is 55.8 Å². The Kier molecular flexibility index (Phi) is 6.83. The maximum atomic E-state index is 12.5. The molecule has 4 bridgehead atoms. The molecule has 0 spiro atoms. The van der Waals surface area contributed by atoms with Gasteiger partial charge in [-0.15, -0.1) is 0 Å². The number of hydrogen-bond acceptors (Lipinski definition) is 5. The van der Waals surface area contributed by atoms with Crippen LogP contribution in [0.3, 0.4) is 0 Å². The second-order valence-corrected chi connectivity index (χ2v) is 10.5. The SMILES string of the molecule is [CH2]C(COC(=O)CCCN1CCCC1)COC(=O)CC12CC3CC(CC(C3)C1)C2. The number of hydrogen-bond donors (Lipinski definition) is 0. The van der Waals surface area contributed by atoms with E-state index in [1.807, 2.05) is 0 Å². The van der Waals surface area contributed by atoms with Gasteiger partial charge in [0.2, 0.25) is 0 Å². The zero-order valence-corrected chi connectivity index (χ0v) is 17.9. The predicted octanol–water partition coefficient (Wildman–Crippen LogP) is 4.01. The van der Waals surface area contributed by atoms with Gasteiger partial charge in [-0.2, -0.15) is 0 Å². The molecule has 4 aliphatic carbocycles. The third-order valence-electron chi connectivity index (χ3n) is 7.70. The molecule has 0 aromatic heterocycles. The molecule has 5 rings (SSSR count). The first-order valence-corrected chi connectivity index (χ1v) is 11.9. The number of nitrogens with zero attached hydrogens (tertiary/aromatic N) is 1. The molecule has 0 N–H and O–H groups in total. The van der Waals surface area contributed by atoms with Gasteiger partial charge in [0.1, 0.15) is 0 Å². The average Bonchev–Trinajstić information content (AvgIpc) is 3.16. The minimum absolute atomic E-state index is 0.0856. The molecule has 5 aliphatic rings. The molecule has 1 unspecified atom stereocenters. The molecule has 5 nitrogen and oxygen atoms in total. The molecule has 0 aromatic rings. The van der Waals surface area contributed by atoms with Crippen LogP contribution in [0.25, 0.3) is 0 Å². The van der Waals surface area contributed by atoms with E-state index in [9.17, 15) is 9.59 Å². The smallest absolute Gasteiger partial charge is 0.306 e. The normalized spacial score (nSPS) is 34.3. The molecule has 163 valence electrons. The summed E-state index contributed by atoms with van der Waals surface area (Å²) in [5, 5.41) is 0. The highest BCUT2D eigenvalue weighted by molar-refractivity contribution is 5.70. The van der Waals surface area contributed by atoms with E-state index >= 15 is 0 Å². The molecule has 1 aliphatic heterocycles. The number of rotatable bonds is 10. The predicted molar refractivity (Wildman–Crippen MR) is 111 cm³/mol. The van der Waals surface area contributed by atoms with E-state index in [1.54, 1.807) is 0 Å². The zero-order valence-electron chi connectivity index (χ0n) is 17.9. The number of carbonyl (C=O) groups is 2. The zero-order chi connectivity index (χ0) is 20.3. The van der Waals surface area contributed by atoms with Crippen LogP contribution in [0, 0.1) is 36.0 Å². The van der Waals surface area contributed by atoms with Gasteiger partial charge in [-0.3, -0.25) is 9.59 Å². The maximum absolute atomic E-state index is 12.5. The molecule has 1 radical (unpaired) electrons. The summed E-state index contributed by atoms with van der Waals surface area (Å²) in [7, 11) is 0. The van der Waals surface area contributed by atoms with Crippen molar-refractivity contribution in [2.45, 2.75) is 70.6 Å². The monoisotopic (exact) mass is 404 g/mol. The van der Waals surface area contributed by atoms with Gasteiger partial charge in [-0.05, 0) is 108 Å². The summed E-state index contributed by atoms with van der Waals surface area (Å²) in [6.45, 7) is 7.75. The summed E-state index contributed by atoms with van der Waals surface area (Å²) < 4.78 is 10.8. The van der Waals surface area contributed by atoms with E-state index in [1.165, 1.54) is 51.4 Å². The Balaban J connectivity index is 1.09. The number of carbonyl (C=O) groups excluding carboxylic acids is 2. The molecule has 1 atom stereocenters. The van der Waals surface area contributed by atoms with Gasteiger partial charge in [0.05, 0.1) is 19.6 Å². The van der Waals surface area contributed by atoms with Gasteiger partial charge in [-0.1, -0.05) is 0 Å². The Morgan fingerprint density at radius 1 is 0.931 bits per heavy atom. The first-order chi connectivity index (χ1) is 14.0. The van der Waals surface area contributed by atoms with Crippen molar-refractivity contribution < 1.29 is 19.1 Å². The van der Waals surface area contributed by atoms with Gasteiger partial charge in [-0.25, -0.2) is 0 Å². The lowest BCUT2D eigenvalue weighted by molar-refractivity contribution is -0.154. The van der Waals surface area contributed by atoms with Crippen LogP contribution >= 0.6 is 0 Å². The number of esters is 2. The molecule has 4 saturated carbocycles. The van der Waals surface area contributed by atoms with Crippen LogP contribution in [0.5, 0.6) is 0 Å². The maximum Gasteiger partial charge on any atom is 0.306 e. The lowest BCUT2D eigenvalue weighted by atomic mass is 9.49. The van der Waals surface area contributed by atoms with Crippen molar-refractivity contribution in [2.75, 3.05) is 32.8 Å². The van der Waals surface area contributed by atoms with Crippen LogP contribution in [0.1, 0.15) is 70.6 Å². The van der Waals surface area contributed by atoms with E-state index in [0.29, 0.717) is 12.8 Å². The highest BCUT2D eigenvalue weighted by Gasteiger charge is 2.51. The molecule has 1 heterocycles. The van der Waals surface area contributed by atoms with E-state index in [-0.39, 0.29) is 36.5 Å². The first kappa shape index (κ1) is 21.1. The third kappa shape index (κ3) is 5.74. The standard InChI is InChI=1S/C24H38NO4/c1-18(16-28-22(26)5-4-8-25-6-2-3-7-25)17-29-23(27)15-24-12-19-9-20(13-24)11-21(10-19)14-24/h18-21H,1-17H2. The van der Waals surface area contributed by atoms with Crippen molar-refractivity contribution in [1.82, 2.24) is 4.90 Å². The second kappa shape index (κ2) is 9.36. The van der Waals surface area contributed by atoms with Gasteiger partial charge < -0.3 is 14.4 Å². The van der Waals surface area contributed by atoms with Gasteiger partial charge in [0.25, 0.3) is 0 Å². The van der Waals surface area contributed by atoms with Crippen LogP contribution < -0.4 is 0 Å². The second-order valence-electron chi connectivity index (χ2n) is 10.5. The summed E-state index contributed by atoms with van der Waals surface area (Å²) in [6, 6.07) is 0.